The Morgan fingerprint density at radius 2 is 2.00 bits per heavy atom. The Balaban J connectivity index is 1.41. The largest absolute Gasteiger partial charge is 0.446 e. The molecule has 14 nitrogen and oxygen atoms in total. The Labute approximate surface area is 210 Å². The lowest BCUT2D eigenvalue weighted by molar-refractivity contribution is 0.0569. The second-order valence-corrected chi connectivity index (χ2v) is 11.1. The zero-order chi connectivity index (χ0) is 26.1. The monoisotopic (exact) mass is 541 g/mol. The van der Waals surface area contributed by atoms with E-state index in [0.717, 1.165) is 4.57 Å². The van der Waals surface area contributed by atoms with Crippen LogP contribution in [-0.4, -0.2) is 52.2 Å². The number of amides is 1. The van der Waals surface area contributed by atoms with Crippen LogP contribution < -0.4 is 20.5 Å². The van der Waals surface area contributed by atoms with E-state index >= 15 is 0 Å². The number of anilines is 1. The van der Waals surface area contributed by atoms with Gasteiger partial charge in [0.15, 0.2) is 5.69 Å². The molecule has 1 aromatic carbocycles. The summed E-state index contributed by atoms with van der Waals surface area (Å²) in [6.45, 7) is 5.14. The first-order valence-electron chi connectivity index (χ1n) is 10.8. The molecule has 194 valence electrons. The van der Waals surface area contributed by atoms with Crippen LogP contribution >= 0.6 is 11.6 Å². The van der Waals surface area contributed by atoms with Crippen LogP contribution in [0.2, 0.25) is 5.02 Å². The lowest BCUT2D eigenvalue weighted by Gasteiger charge is -2.21. The molecule has 0 atom stereocenters. The van der Waals surface area contributed by atoms with Gasteiger partial charge in [0.25, 0.3) is 0 Å². The van der Waals surface area contributed by atoms with E-state index in [2.05, 4.69) is 25.5 Å². The van der Waals surface area contributed by atoms with Gasteiger partial charge in [-0.1, -0.05) is 22.8 Å². The summed E-state index contributed by atoms with van der Waals surface area (Å²) >= 11 is 6.04. The first-order valence-corrected chi connectivity index (χ1v) is 12.7. The molecule has 0 radical (unpaired) electrons. The fourth-order valence-electron chi connectivity index (χ4n) is 3.39. The van der Waals surface area contributed by atoms with Gasteiger partial charge >= 0.3 is 22.1 Å². The van der Waals surface area contributed by atoms with Gasteiger partial charge in [0, 0.05) is 17.1 Å². The standard InChI is InChI=1S/C20H24ClN7O7S/c1-19(2,3)33-17(29)26-36(31,32)27-20(7-8-20)9-10-22-15-14(23-35-24-15)16-25-34-18(30)28(16)13-6-4-5-12(21)11-13/h4-6,11,27H,7-10H2,1-3H3,(H,22,24)(H,26,29). The number of halogens is 1. The van der Waals surface area contributed by atoms with Crippen molar-refractivity contribution in [2.24, 2.45) is 0 Å². The third-order valence-corrected chi connectivity index (χ3v) is 6.46. The highest BCUT2D eigenvalue weighted by Crippen LogP contribution is 2.39. The number of carbonyl (C=O) groups is 1. The maximum absolute atomic E-state index is 12.4. The van der Waals surface area contributed by atoms with Crippen LogP contribution in [0.4, 0.5) is 10.6 Å². The SMILES string of the molecule is CC(C)(C)OC(=O)NS(=O)(=O)NC1(CCNc2nonc2-c2noc(=O)n2-c2cccc(Cl)c2)CC1. The molecule has 1 fully saturated rings. The summed E-state index contributed by atoms with van der Waals surface area (Å²) < 4.78 is 44.9. The number of nitrogens with one attached hydrogen (secondary N) is 3. The minimum absolute atomic E-state index is 0.0365. The van der Waals surface area contributed by atoms with Gasteiger partial charge in [0.2, 0.25) is 11.6 Å². The molecule has 3 aromatic rings. The summed E-state index contributed by atoms with van der Waals surface area (Å²) in [5.74, 6) is -0.552. The average Bonchev–Trinajstić information content (AvgIpc) is 3.14. The molecule has 1 aliphatic rings. The number of hydrogen-bond donors (Lipinski definition) is 3. The Morgan fingerprint density at radius 3 is 2.67 bits per heavy atom. The van der Waals surface area contributed by atoms with Gasteiger partial charge in [0.1, 0.15) is 5.60 Å². The number of carbonyl (C=O) groups excluding carboxylic acids is 1. The zero-order valence-corrected chi connectivity index (χ0v) is 21.1. The van der Waals surface area contributed by atoms with Crippen molar-refractivity contribution in [1.29, 1.82) is 0 Å². The molecule has 4 rings (SSSR count). The molecule has 1 amide bonds. The van der Waals surface area contributed by atoms with E-state index < -0.39 is 33.2 Å². The predicted molar refractivity (Wildman–Crippen MR) is 127 cm³/mol. The van der Waals surface area contributed by atoms with Crippen molar-refractivity contribution in [1.82, 2.24) is 29.5 Å². The molecule has 2 heterocycles. The highest BCUT2D eigenvalue weighted by Gasteiger charge is 2.46. The van der Waals surface area contributed by atoms with Crippen molar-refractivity contribution in [3.05, 3.63) is 39.8 Å². The lowest BCUT2D eigenvalue weighted by Crippen LogP contribution is -2.48. The number of aromatic nitrogens is 4. The zero-order valence-electron chi connectivity index (χ0n) is 19.6. The van der Waals surface area contributed by atoms with E-state index in [0.29, 0.717) is 30.0 Å². The van der Waals surface area contributed by atoms with Gasteiger partial charge in [-0.05, 0) is 68.5 Å². The molecule has 0 bridgehead atoms. The number of nitrogens with zero attached hydrogens (tertiary/aromatic N) is 4. The fraction of sp³-hybridized carbons (Fsp3) is 0.450. The van der Waals surface area contributed by atoms with E-state index in [4.69, 9.17) is 25.5 Å². The van der Waals surface area contributed by atoms with Crippen LogP contribution in [0.15, 0.2) is 38.2 Å². The molecular weight excluding hydrogens is 518 g/mol. The van der Waals surface area contributed by atoms with Crippen LogP contribution in [0.5, 0.6) is 0 Å². The summed E-state index contributed by atoms with van der Waals surface area (Å²) in [6.07, 6.45) is 0.436. The van der Waals surface area contributed by atoms with E-state index in [-0.39, 0.29) is 23.9 Å². The Bertz CT molecular complexity index is 1420. The molecule has 36 heavy (non-hydrogen) atoms. The van der Waals surface area contributed by atoms with Crippen molar-refractivity contribution < 1.29 is 27.1 Å². The predicted octanol–water partition coefficient (Wildman–Crippen LogP) is 2.22. The van der Waals surface area contributed by atoms with E-state index in [9.17, 15) is 18.0 Å². The number of benzene rings is 1. The molecule has 16 heteroatoms. The Hall–Kier alpha value is -3.43. The molecule has 2 aromatic heterocycles. The van der Waals surface area contributed by atoms with E-state index in [1.54, 1.807) is 45.0 Å². The first kappa shape index (κ1) is 25.7. The normalized spacial score (nSPS) is 14.9. The summed E-state index contributed by atoms with van der Waals surface area (Å²) in [7, 11) is -4.14. The first-order chi connectivity index (χ1) is 16.9. The lowest BCUT2D eigenvalue weighted by atomic mass is 10.2. The quantitative estimate of drug-likeness (QED) is 0.361. The smallest absolute Gasteiger partial charge is 0.443 e. The second kappa shape index (κ2) is 9.55. The van der Waals surface area contributed by atoms with Gasteiger partial charge in [-0.25, -0.2) is 23.5 Å². The average molecular weight is 542 g/mol. The van der Waals surface area contributed by atoms with Crippen LogP contribution in [0.3, 0.4) is 0 Å². The number of rotatable bonds is 9. The third-order valence-electron chi connectivity index (χ3n) is 5.09. The Morgan fingerprint density at radius 1 is 1.25 bits per heavy atom. The highest BCUT2D eigenvalue weighted by atomic mass is 35.5. The van der Waals surface area contributed by atoms with E-state index in [1.807, 2.05) is 4.72 Å². The van der Waals surface area contributed by atoms with Crippen molar-refractivity contribution in [2.75, 3.05) is 11.9 Å². The Kier molecular flexibility index (Phi) is 6.81. The maximum atomic E-state index is 12.4. The summed E-state index contributed by atoms with van der Waals surface area (Å²) in [5.41, 5.74) is -1.07. The molecule has 1 saturated carbocycles. The molecule has 0 aliphatic heterocycles. The molecule has 1 aliphatic carbocycles. The van der Waals surface area contributed by atoms with Crippen molar-refractivity contribution in [2.45, 2.75) is 51.2 Å². The number of ether oxygens (including phenoxy) is 1. The molecular formula is C20H24ClN7O7S. The van der Waals surface area contributed by atoms with Gasteiger partial charge in [-0.15, -0.1) is 0 Å². The molecule has 0 saturated heterocycles. The van der Waals surface area contributed by atoms with Crippen molar-refractivity contribution >= 4 is 33.7 Å². The topological polar surface area (TPSA) is 183 Å². The minimum atomic E-state index is -4.14. The minimum Gasteiger partial charge on any atom is -0.443 e. The number of hydrogen-bond acceptors (Lipinski definition) is 11. The fourth-order valence-corrected chi connectivity index (χ4v) is 4.76. The van der Waals surface area contributed by atoms with Crippen LogP contribution in [0.25, 0.3) is 17.2 Å². The van der Waals surface area contributed by atoms with Gasteiger partial charge < -0.3 is 10.1 Å². The summed E-state index contributed by atoms with van der Waals surface area (Å²) in [4.78, 5) is 24.1. The molecule has 0 unspecified atom stereocenters. The van der Waals surface area contributed by atoms with Gasteiger partial charge in [0.05, 0.1) is 5.69 Å². The second-order valence-electron chi connectivity index (χ2n) is 9.22. The van der Waals surface area contributed by atoms with Crippen LogP contribution in [0.1, 0.15) is 40.0 Å². The van der Waals surface area contributed by atoms with Crippen LogP contribution in [-0.2, 0) is 14.9 Å². The highest BCUT2D eigenvalue weighted by molar-refractivity contribution is 7.88. The summed E-state index contributed by atoms with van der Waals surface area (Å²) in [6, 6.07) is 6.51. The van der Waals surface area contributed by atoms with Crippen LogP contribution in [0, 0.1) is 0 Å². The third kappa shape index (κ3) is 6.22. The van der Waals surface area contributed by atoms with Gasteiger partial charge in [-0.3, -0.25) is 4.52 Å². The van der Waals surface area contributed by atoms with Crippen molar-refractivity contribution in [3.63, 3.8) is 0 Å². The van der Waals surface area contributed by atoms with Gasteiger partial charge in [-0.2, -0.15) is 13.1 Å². The molecule has 3 N–H and O–H groups in total. The maximum Gasteiger partial charge on any atom is 0.446 e. The molecule has 0 spiro atoms. The van der Waals surface area contributed by atoms with E-state index in [1.165, 1.54) is 0 Å². The summed E-state index contributed by atoms with van der Waals surface area (Å²) in [5, 5.41) is 14.8. The van der Waals surface area contributed by atoms with Crippen molar-refractivity contribution in [3.8, 4) is 17.2 Å².